The smallest absolute Gasteiger partial charge is 0.136 e. The summed E-state index contributed by atoms with van der Waals surface area (Å²) in [5, 5.41) is 3.42. The summed E-state index contributed by atoms with van der Waals surface area (Å²) in [6, 6.07) is 1.83. The van der Waals surface area contributed by atoms with Gasteiger partial charge in [0, 0.05) is 17.5 Å². The van der Waals surface area contributed by atoms with Crippen LogP contribution in [0.15, 0.2) is 6.07 Å². The van der Waals surface area contributed by atoms with E-state index in [2.05, 4.69) is 22.2 Å². The van der Waals surface area contributed by atoms with Crippen LogP contribution in [-0.4, -0.2) is 15.5 Å². The maximum atomic E-state index is 5.77. The van der Waals surface area contributed by atoms with E-state index >= 15 is 0 Å². The number of aromatic nitrogens is 2. The van der Waals surface area contributed by atoms with Crippen molar-refractivity contribution in [1.82, 2.24) is 9.97 Å². The molecule has 0 saturated heterocycles. The molecule has 2 fully saturated rings. The van der Waals surface area contributed by atoms with Crippen molar-refractivity contribution in [3.8, 4) is 0 Å². The van der Waals surface area contributed by atoms with E-state index in [1.165, 1.54) is 25.7 Å². The second-order valence-corrected chi connectivity index (χ2v) is 5.00. The third-order valence-electron chi connectivity index (χ3n) is 3.14. The molecule has 4 nitrogen and oxygen atoms in total. The lowest BCUT2D eigenvalue weighted by atomic mass is 10.3. The number of nitrogen functional groups attached to an aromatic ring is 1. The Kier molecular flexibility index (Phi) is 1.69. The SMILES string of the molecule is CC1(Nc2cc(N)nc(C3CC3)n2)CC1. The van der Waals surface area contributed by atoms with Crippen molar-refractivity contribution in [2.24, 2.45) is 0 Å². The van der Waals surface area contributed by atoms with E-state index < -0.39 is 0 Å². The number of nitrogens with two attached hydrogens (primary N) is 1. The van der Waals surface area contributed by atoms with E-state index in [1.807, 2.05) is 6.07 Å². The minimum atomic E-state index is 0.252. The van der Waals surface area contributed by atoms with Crippen molar-refractivity contribution >= 4 is 11.6 Å². The molecular weight excluding hydrogens is 188 g/mol. The zero-order valence-corrected chi connectivity index (χ0v) is 8.95. The Morgan fingerprint density at radius 1 is 1.40 bits per heavy atom. The molecule has 3 rings (SSSR count). The van der Waals surface area contributed by atoms with Gasteiger partial charge in [0.1, 0.15) is 17.5 Å². The highest BCUT2D eigenvalue weighted by molar-refractivity contribution is 5.48. The number of nitrogens with one attached hydrogen (secondary N) is 1. The fourth-order valence-electron chi connectivity index (χ4n) is 1.70. The number of hydrogen-bond donors (Lipinski definition) is 2. The summed E-state index contributed by atoms with van der Waals surface area (Å²) >= 11 is 0. The van der Waals surface area contributed by atoms with Crippen LogP contribution in [0.3, 0.4) is 0 Å². The zero-order chi connectivity index (χ0) is 10.5. The van der Waals surface area contributed by atoms with Gasteiger partial charge >= 0.3 is 0 Å². The first-order chi connectivity index (χ1) is 7.15. The maximum absolute atomic E-state index is 5.77. The van der Waals surface area contributed by atoms with E-state index in [-0.39, 0.29) is 5.54 Å². The van der Waals surface area contributed by atoms with Crippen LogP contribution in [-0.2, 0) is 0 Å². The molecule has 0 amide bonds. The third kappa shape index (κ3) is 1.89. The Balaban J connectivity index is 1.86. The fraction of sp³-hybridized carbons (Fsp3) is 0.636. The topological polar surface area (TPSA) is 63.8 Å². The lowest BCUT2D eigenvalue weighted by molar-refractivity contribution is 0.811. The molecule has 15 heavy (non-hydrogen) atoms. The highest BCUT2D eigenvalue weighted by Crippen LogP contribution is 2.40. The molecule has 4 heteroatoms. The minimum absolute atomic E-state index is 0.252. The molecule has 2 aliphatic rings. The highest BCUT2D eigenvalue weighted by Gasteiger charge is 2.37. The van der Waals surface area contributed by atoms with E-state index in [0.717, 1.165) is 11.6 Å². The van der Waals surface area contributed by atoms with Gasteiger partial charge in [0.25, 0.3) is 0 Å². The lowest BCUT2D eigenvalue weighted by Crippen LogP contribution is -2.17. The van der Waals surface area contributed by atoms with Crippen LogP contribution in [0.25, 0.3) is 0 Å². The molecule has 0 radical (unpaired) electrons. The average Bonchev–Trinajstić information content (AvgIpc) is 2.99. The average molecular weight is 204 g/mol. The van der Waals surface area contributed by atoms with Gasteiger partial charge in [0.2, 0.25) is 0 Å². The van der Waals surface area contributed by atoms with Crippen LogP contribution in [0.5, 0.6) is 0 Å². The van der Waals surface area contributed by atoms with Crippen LogP contribution in [0, 0.1) is 0 Å². The van der Waals surface area contributed by atoms with Gasteiger partial charge in [-0.3, -0.25) is 0 Å². The number of nitrogens with zero attached hydrogens (tertiary/aromatic N) is 2. The first-order valence-electron chi connectivity index (χ1n) is 5.57. The Morgan fingerprint density at radius 2 is 2.13 bits per heavy atom. The second kappa shape index (κ2) is 2.84. The number of hydrogen-bond acceptors (Lipinski definition) is 4. The van der Waals surface area contributed by atoms with Crippen LogP contribution in [0.4, 0.5) is 11.6 Å². The summed E-state index contributed by atoms with van der Waals surface area (Å²) in [6.07, 6.45) is 4.85. The molecular formula is C11H16N4. The van der Waals surface area contributed by atoms with E-state index in [4.69, 9.17) is 5.73 Å². The molecule has 0 atom stereocenters. The van der Waals surface area contributed by atoms with Gasteiger partial charge in [-0.05, 0) is 32.6 Å². The zero-order valence-electron chi connectivity index (χ0n) is 8.95. The van der Waals surface area contributed by atoms with Gasteiger partial charge in [-0.2, -0.15) is 0 Å². The summed E-state index contributed by atoms with van der Waals surface area (Å²) in [4.78, 5) is 8.79. The van der Waals surface area contributed by atoms with Gasteiger partial charge in [-0.25, -0.2) is 9.97 Å². The Labute approximate surface area is 89.3 Å². The van der Waals surface area contributed by atoms with Crippen molar-refractivity contribution < 1.29 is 0 Å². The predicted molar refractivity (Wildman–Crippen MR) is 59.7 cm³/mol. The van der Waals surface area contributed by atoms with Gasteiger partial charge in [0.15, 0.2) is 0 Å². The Morgan fingerprint density at radius 3 is 2.73 bits per heavy atom. The molecule has 1 aromatic heterocycles. The van der Waals surface area contributed by atoms with Crippen molar-refractivity contribution in [1.29, 1.82) is 0 Å². The standard InChI is InChI=1S/C11H16N4/c1-11(4-5-11)15-9-6-8(12)13-10(14-9)7-2-3-7/h6-7H,2-5H2,1H3,(H3,12,13,14,15). The summed E-state index contributed by atoms with van der Waals surface area (Å²) in [5.74, 6) is 2.95. The Hall–Kier alpha value is -1.32. The summed E-state index contributed by atoms with van der Waals surface area (Å²) in [5.41, 5.74) is 6.02. The molecule has 1 aromatic rings. The van der Waals surface area contributed by atoms with Crippen molar-refractivity contribution in [2.75, 3.05) is 11.1 Å². The lowest BCUT2D eigenvalue weighted by Gasteiger charge is -2.13. The molecule has 80 valence electrons. The first-order valence-corrected chi connectivity index (χ1v) is 5.57. The summed E-state index contributed by atoms with van der Waals surface area (Å²) in [7, 11) is 0. The van der Waals surface area contributed by atoms with Crippen molar-refractivity contribution in [2.45, 2.75) is 44.1 Å². The monoisotopic (exact) mass is 204 g/mol. The number of rotatable bonds is 3. The highest BCUT2D eigenvalue weighted by atomic mass is 15.1. The minimum Gasteiger partial charge on any atom is -0.384 e. The van der Waals surface area contributed by atoms with Gasteiger partial charge in [-0.1, -0.05) is 0 Å². The van der Waals surface area contributed by atoms with Crippen molar-refractivity contribution in [3.05, 3.63) is 11.9 Å². The van der Waals surface area contributed by atoms with Crippen LogP contribution < -0.4 is 11.1 Å². The van der Waals surface area contributed by atoms with Crippen LogP contribution in [0.2, 0.25) is 0 Å². The molecule has 3 N–H and O–H groups in total. The first kappa shape index (κ1) is 8.95. The third-order valence-corrected chi connectivity index (χ3v) is 3.14. The molecule has 0 bridgehead atoms. The van der Waals surface area contributed by atoms with Crippen molar-refractivity contribution in [3.63, 3.8) is 0 Å². The largest absolute Gasteiger partial charge is 0.384 e. The van der Waals surface area contributed by atoms with Gasteiger partial charge < -0.3 is 11.1 Å². The molecule has 2 aliphatic carbocycles. The predicted octanol–water partition coefficient (Wildman–Crippen LogP) is 1.90. The molecule has 0 unspecified atom stereocenters. The van der Waals surface area contributed by atoms with Crippen LogP contribution in [0.1, 0.15) is 44.3 Å². The second-order valence-electron chi connectivity index (χ2n) is 5.00. The Bertz CT molecular complexity index is 394. The molecule has 0 aliphatic heterocycles. The van der Waals surface area contributed by atoms with Gasteiger partial charge in [0.05, 0.1) is 0 Å². The quantitative estimate of drug-likeness (QED) is 0.789. The summed E-state index contributed by atoms with van der Waals surface area (Å²) in [6.45, 7) is 2.21. The van der Waals surface area contributed by atoms with E-state index in [9.17, 15) is 0 Å². The van der Waals surface area contributed by atoms with E-state index in [0.29, 0.717) is 11.7 Å². The maximum Gasteiger partial charge on any atom is 0.136 e. The van der Waals surface area contributed by atoms with Crippen LogP contribution >= 0.6 is 0 Å². The molecule has 1 heterocycles. The molecule has 0 spiro atoms. The normalized spacial score (nSPS) is 22.5. The summed E-state index contributed by atoms with van der Waals surface area (Å²) < 4.78 is 0. The van der Waals surface area contributed by atoms with E-state index in [1.54, 1.807) is 0 Å². The fourth-order valence-corrected chi connectivity index (χ4v) is 1.70. The molecule has 0 aromatic carbocycles. The van der Waals surface area contributed by atoms with Gasteiger partial charge in [-0.15, -0.1) is 0 Å². The number of anilines is 2. The molecule has 2 saturated carbocycles.